The van der Waals surface area contributed by atoms with Crippen LogP contribution in [0.5, 0.6) is 0 Å². The minimum atomic E-state index is -0.375. The molecule has 1 aliphatic heterocycles. The van der Waals surface area contributed by atoms with Gasteiger partial charge < -0.3 is 9.73 Å². The van der Waals surface area contributed by atoms with E-state index in [1.165, 1.54) is 51.1 Å². The lowest BCUT2D eigenvalue weighted by Crippen LogP contribution is -2.33. The monoisotopic (exact) mass is 865 g/mol. The SMILES string of the molecule is c1cc(C2=NC(c3cc4ccccc4c4ccccc34)=NC(c3ccc4sc5ccccc5c4c3)N2)cc(-c2cccc3oc4c(-c5ccc6sc7ccccc7c6c5)cccc4c23)c1. The molecule has 0 amide bonds. The van der Waals surface area contributed by atoms with Gasteiger partial charge >= 0.3 is 0 Å². The maximum Gasteiger partial charge on any atom is 0.160 e. The molecule has 1 atom stereocenters. The van der Waals surface area contributed by atoms with Gasteiger partial charge in [-0.05, 0) is 98.4 Å². The van der Waals surface area contributed by atoms with E-state index in [1.54, 1.807) is 0 Å². The van der Waals surface area contributed by atoms with Crippen molar-refractivity contribution in [3.63, 3.8) is 0 Å². The highest BCUT2D eigenvalue weighted by Gasteiger charge is 2.25. The maximum atomic E-state index is 6.82. The van der Waals surface area contributed by atoms with Gasteiger partial charge in [0.1, 0.15) is 23.2 Å². The van der Waals surface area contributed by atoms with Gasteiger partial charge in [0.25, 0.3) is 0 Å². The fraction of sp³-hybridized carbons (Fsp3) is 0.0169. The average molecular weight is 866 g/mol. The molecule has 0 bridgehead atoms. The topological polar surface area (TPSA) is 49.9 Å². The Labute approximate surface area is 381 Å². The Morgan fingerprint density at radius 3 is 1.86 bits per heavy atom. The van der Waals surface area contributed by atoms with Crippen LogP contribution in [0.3, 0.4) is 0 Å². The van der Waals surface area contributed by atoms with E-state index in [1.807, 2.05) is 22.7 Å². The van der Waals surface area contributed by atoms with Gasteiger partial charge in [0, 0.05) is 67.8 Å². The molecule has 13 aromatic rings. The van der Waals surface area contributed by atoms with Crippen LogP contribution in [0, 0.1) is 0 Å². The number of nitrogens with one attached hydrogen (secondary N) is 1. The van der Waals surface area contributed by atoms with Crippen molar-refractivity contribution in [2.45, 2.75) is 6.17 Å². The number of amidine groups is 2. The van der Waals surface area contributed by atoms with E-state index in [4.69, 9.17) is 14.4 Å². The van der Waals surface area contributed by atoms with Crippen LogP contribution in [0.2, 0.25) is 0 Å². The van der Waals surface area contributed by atoms with E-state index < -0.39 is 0 Å². The van der Waals surface area contributed by atoms with Crippen LogP contribution in [-0.4, -0.2) is 11.7 Å². The van der Waals surface area contributed by atoms with Crippen LogP contribution in [0.4, 0.5) is 0 Å². The predicted molar refractivity (Wildman–Crippen MR) is 277 cm³/mol. The molecule has 4 nitrogen and oxygen atoms in total. The van der Waals surface area contributed by atoms with E-state index in [0.717, 1.165) is 77.5 Å². The molecular weight excluding hydrogens is 831 g/mol. The van der Waals surface area contributed by atoms with Gasteiger partial charge in [-0.25, -0.2) is 9.98 Å². The van der Waals surface area contributed by atoms with E-state index in [-0.39, 0.29) is 6.17 Å². The third-order valence-electron chi connectivity index (χ3n) is 13.1. The summed E-state index contributed by atoms with van der Waals surface area (Å²) in [7, 11) is 0. The largest absolute Gasteiger partial charge is 0.455 e. The zero-order valence-corrected chi connectivity index (χ0v) is 36.4. The summed E-state index contributed by atoms with van der Waals surface area (Å²) >= 11 is 3.67. The van der Waals surface area contributed by atoms with Crippen LogP contribution in [-0.2, 0) is 0 Å². The molecular formula is C59H35N3OS2. The minimum absolute atomic E-state index is 0.375. The molecule has 6 heteroatoms. The fourth-order valence-corrected chi connectivity index (χ4v) is 12.3. The molecule has 0 saturated heterocycles. The Bertz CT molecular complexity index is 4190. The number of aliphatic imine (C=N–C) groups is 2. The molecule has 10 aromatic carbocycles. The van der Waals surface area contributed by atoms with E-state index in [0.29, 0.717) is 5.84 Å². The smallest absolute Gasteiger partial charge is 0.160 e. The van der Waals surface area contributed by atoms with Crippen LogP contribution in [0.25, 0.3) is 106 Å². The third-order valence-corrected chi connectivity index (χ3v) is 15.4. The highest BCUT2D eigenvalue weighted by molar-refractivity contribution is 7.26. The molecule has 0 aliphatic carbocycles. The second-order valence-corrected chi connectivity index (χ2v) is 19.0. The van der Waals surface area contributed by atoms with Crippen LogP contribution < -0.4 is 5.32 Å². The normalized spacial score (nSPS) is 14.3. The zero-order valence-electron chi connectivity index (χ0n) is 34.7. The van der Waals surface area contributed by atoms with Crippen molar-refractivity contribution in [2.75, 3.05) is 0 Å². The van der Waals surface area contributed by atoms with Crippen molar-refractivity contribution in [1.82, 2.24) is 5.32 Å². The van der Waals surface area contributed by atoms with Gasteiger partial charge in [-0.3, -0.25) is 0 Å². The number of fused-ring (bicyclic) bond motifs is 12. The standard InChI is InChI=1S/C59H35N3OS2/c1-2-15-39-35(12-1)32-49(43-17-4-3-16-42(39)43)59-61-57(60-58(62-59)38-27-29-54-48(33-38)45-19-6-8-25-52(45)65-54)37-14-9-13-34(30-37)40-20-11-23-50-55(40)46-22-10-21-41(56(46)63-50)36-26-28-53-47(31-36)44-18-5-7-24-51(44)64-53/h1-33,58H,(H,60,61,62). The molecule has 304 valence electrons. The molecule has 0 fully saturated rings. The molecule has 1 N–H and O–H groups in total. The van der Waals surface area contributed by atoms with Crippen molar-refractivity contribution in [1.29, 1.82) is 0 Å². The van der Waals surface area contributed by atoms with Gasteiger partial charge in [-0.15, -0.1) is 22.7 Å². The number of para-hydroxylation sites is 1. The lowest BCUT2D eigenvalue weighted by atomic mass is 9.95. The number of thiophene rings is 2. The first-order valence-corrected chi connectivity index (χ1v) is 23.5. The van der Waals surface area contributed by atoms with Crippen molar-refractivity contribution in [3.05, 3.63) is 217 Å². The maximum absolute atomic E-state index is 6.82. The highest BCUT2D eigenvalue weighted by Crippen LogP contribution is 2.43. The van der Waals surface area contributed by atoms with Gasteiger partial charge in [0.15, 0.2) is 5.84 Å². The predicted octanol–water partition coefficient (Wildman–Crippen LogP) is 16.5. The molecule has 0 spiro atoms. The first-order valence-electron chi connectivity index (χ1n) is 21.9. The summed E-state index contributed by atoms with van der Waals surface area (Å²) in [4.78, 5) is 10.9. The summed E-state index contributed by atoms with van der Waals surface area (Å²) in [5.41, 5.74) is 9.26. The molecule has 4 heterocycles. The summed E-state index contributed by atoms with van der Waals surface area (Å²) in [5, 5.41) is 15.8. The Kier molecular flexibility index (Phi) is 8.05. The number of nitrogens with zero attached hydrogens (tertiary/aromatic N) is 2. The van der Waals surface area contributed by atoms with Crippen molar-refractivity contribution < 1.29 is 4.42 Å². The second-order valence-electron chi connectivity index (χ2n) is 16.9. The van der Waals surface area contributed by atoms with Crippen LogP contribution >= 0.6 is 22.7 Å². The first kappa shape index (κ1) is 36.6. The summed E-state index contributed by atoms with van der Waals surface area (Å²) in [5.74, 6) is 1.48. The Balaban J connectivity index is 0.916. The number of rotatable bonds is 5. The van der Waals surface area contributed by atoms with Crippen LogP contribution in [0.15, 0.2) is 215 Å². The third kappa shape index (κ3) is 5.81. The fourth-order valence-electron chi connectivity index (χ4n) is 10.1. The molecule has 1 unspecified atom stereocenters. The average Bonchev–Trinajstić information content (AvgIpc) is 4.07. The van der Waals surface area contributed by atoms with Gasteiger partial charge in [0.05, 0.1) is 0 Å². The van der Waals surface area contributed by atoms with Crippen molar-refractivity contribution in [2.24, 2.45) is 9.98 Å². The number of hydrogen-bond donors (Lipinski definition) is 1. The lowest BCUT2D eigenvalue weighted by Gasteiger charge is -2.24. The molecule has 0 saturated carbocycles. The summed E-state index contributed by atoms with van der Waals surface area (Å²) < 4.78 is 12.0. The van der Waals surface area contributed by atoms with Gasteiger partial charge in [0.2, 0.25) is 0 Å². The zero-order chi connectivity index (χ0) is 42.6. The van der Waals surface area contributed by atoms with E-state index in [9.17, 15) is 0 Å². The van der Waals surface area contributed by atoms with Crippen molar-refractivity contribution >= 4 is 118 Å². The molecule has 0 radical (unpaired) electrons. The Morgan fingerprint density at radius 1 is 0.415 bits per heavy atom. The molecule has 65 heavy (non-hydrogen) atoms. The second kappa shape index (κ2) is 14.3. The van der Waals surface area contributed by atoms with Gasteiger partial charge in [-0.2, -0.15) is 0 Å². The quantitative estimate of drug-likeness (QED) is 0.175. The van der Waals surface area contributed by atoms with E-state index in [2.05, 4.69) is 206 Å². The van der Waals surface area contributed by atoms with Crippen molar-refractivity contribution in [3.8, 4) is 22.3 Å². The number of benzene rings is 10. The Morgan fingerprint density at radius 2 is 1.03 bits per heavy atom. The highest BCUT2D eigenvalue weighted by atomic mass is 32.1. The molecule has 1 aliphatic rings. The number of furan rings is 1. The Hall–Kier alpha value is -7.90. The first-order chi connectivity index (χ1) is 32.2. The summed E-state index contributed by atoms with van der Waals surface area (Å²) in [6.07, 6.45) is -0.375. The molecule has 3 aromatic heterocycles. The summed E-state index contributed by atoms with van der Waals surface area (Å²) in [6.45, 7) is 0. The van der Waals surface area contributed by atoms with Gasteiger partial charge in [-0.1, -0.05) is 146 Å². The lowest BCUT2D eigenvalue weighted by molar-refractivity contribution is 0.670. The molecule has 14 rings (SSSR count). The van der Waals surface area contributed by atoms with Crippen LogP contribution in [0.1, 0.15) is 22.9 Å². The number of hydrogen-bond acceptors (Lipinski definition) is 6. The summed E-state index contributed by atoms with van der Waals surface area (Å²) in [6, 6.07) is 72.0. The minimum Gasteiger partial charge on any atom is -0.455 e. The van der Waals surface area contributed by atoms with E-state index >= 15 is 0 Å².